The first kappa shape index (κ1) is 39.2. The van der Waals surface area contributed by atoms with E-state index in [4.69, 9.17) is 21.1 Å². The third-order valence-corrected chi connectivity index (χ3v) is 12.9. The van der Waals surface area contributed by atoms with Crippen LogP contribution in [0, 0.1) is 11.8 Å². The number of anilines is 1. The topological polar surface area (TPSA) is 92.7 Å². The molecule has 0 aliphatic heterocycles. The lowest BCUT2D eigenvalue weighted by Crippen LogP contribution is -2.53. The van der Waals surface area contributed by atoms with Crippen LogP contribution in [0.4, 0.5) is 5.69 Å². The van der Waals surface area contributed by atoms with Crippen molar-refractivity contribution >= 4 is 23.3 Å². The second kappa shape index (κ2) is 17.8. The van der Waals surface area contributed by atoms with Gasteiger partial charge in [0, 0.05) is 28.2 Å². The summed E-state index contributed by atoms with van der Waals surface area (Å²) in [5, 5.41) is 18.3. The summed E-state index contributed by atoms with van der Waals surface area (Å²) in [7, 11) is 0. The first-order valence-electron chi connectivity index (χ1n) is 20.6. The second-order valence-corrected chi connectivity index (χ2v) is 17.0. The zero-order chi connectivity index (χ0) is 38.3. The van der Waals surface area contributed by atoms with Crippen molar-refractivity contribution in [1.82, 2.24) is 10.3 Å². The van der Waals surface area contributed by atoms with Crippen LogP contribution in [-0.2, 0) is 29.5 Å². The van der Waals surface area contributed by atoms with Crippen LogP contribution in [0.3, 0.4) is 0 Å². The molecule has 3 aliphatic carbocycles. The Labute approximate surface area is 332 Å². The van der Waals surface area contributed by atoms with Crippen LogP contribution in [0.15, 0.2) is 85.1 Å². The average Bonchev–Trinajstić information content (AvgIpc) is 3.47. The lowest BCUT2D eigenvalue weighted by Gasteiger charge is -2.47. The quantitative estimate of drug-likeness (QED) is 0.0922. The summed E-state index contributed by atoms with van der Waals surface area (Å²) in [6.45, 7) is 7.82. The fraction of sp³-hybridized carbons (Fsp3) is 0.489. The highest BCUT2D eigenvalue weighted by Gasteiger charge is 2.54. The van der Waals surface area contributed by atoms with Gasteiger partial charge in [-0.3, -0.25) is 4.98 Å². The number of carboxylic acid groups (broad SMARTS) is 1. The fourth-order valence-electron chi connectivity index (χ4n) is 9.74. The third-order valence-electron chi connectivity index (χ3n) is 12.7. The van der Waals surface area contributed by atoms with Gasteiger partial charge in [0.2, 0.25) is 0 Å². The number of fused-ring (bicyclic) bond motifs is 3. The van der Waals surface area contributed by atoms with Crippen LogP contribution in [-0.4, -0.2) is 47.9 Å². The van der Waals surface area contributed by atoms with Crippen molar-refractivity contribution in [2.24, 2.45) is 11.8 Å². The molecule has 1 fully saturated rings. The van der Waals surface area contributed by atoms with Gasteiger partial charge in [-0.15, -0.1) is 0 Å². The largest absolute Gasteiger partial charge is 0.494 e. The maximum atomic E-state index is 13.0. The van der Waals surface area contributed by atoms with E-state index >= 15 is 0 Å². The van der Waals surface area contributed by atoms with Gasteiger partial charge in [0.15, 0.2) is 0 Å². The zero-order valence-electron chi connectivity index (χ0n) is 32.6. The number of hydrogen-bond donors (Lipinski definition) is 3. The van der Waals surface area contributed by atoms with E-state index in [2.05, 4.69) is 78.0 Å². The van der Waals surface area contributed by atoms with Crippen molar-refractivity contribution in [1.29, 1.82) is 0 Å². The maximum Gasteiger partial charge on any atom is 0.329 e. The summed E-state index contributed by atoms with van der Waals surface area (Å²) >= 11 is 6.31. The molecule has 1 heterocycles. The zero-order valence-corrected chi connectivity index (χ0v) is 33.4. The lowest BCUT2D eigenvalue weighted by atomic mass is 9.59. The van der Waals surface area contributed by atoms with Crippen LogP contribution in [0.5, 0.6) is 11.5 Å². The minimum atomic E-state index is -1.06. The number of ether oxygens (including phenoxy) is 2. The fourth-order valence-corrected chi connectivity index (χ4v) is 9.93. The van der Waals surface area contributed by atoms with Gasteiger partial charge in [-0.2, -0.15) is 0 Å². The number of halogens is 1. The van der Waals surface area contributed by atoms with Crippen molar-refractivity contribution < 1.29 is 19.4 Å². The Morgan fingerprint density at radius 1 is 0.982 bits per heavy atom. The molecule has 0 saturated heterocycles. The predicted octanol–water partition coefficient (Wildman–Crippen LogP) is 10.2. The van der Waals surface area contributed by atoms with Crippen LogP contribution in [0.25, 0.3) is 0 Å². The van der Waals surface area contributed by atoms with E-state index in [1.807, 2.05) is 36.5 Å². The number of aromatic nitrogens is 1. The van der Waals surface area contributed by atoms with Crippen molar-refractivity contribution in [3.05, 3.63) is 118 Å². The number of carboxylic acids is 1. The molecule has 1 unspecified atom stereocenters. The van der Waals surface area contributed by atoms with Gasteiger partial charge in [0.05, 0.1) is 13.2 Å². The molecular formula is C47H58ClN3O4. The van der Waals surface area contributed by atoms with Gasteiger partial charge in [-0.05, 0) is 166 Å². The molecule has 1 aromatic heterocycles. The van der Waals surface area contributed by atoms with E-state index in [9.17, 15) is 9.90 Å². The summed E-state index contributed by atoms with van der Waals surface area (Å²) in [6, 6.07) is 26.8. The first-order chi connectivity index (χ1) is 26.7. The van der Waals surface area contributed by atoms with E-state index in [1.54, 1.807) is 0 Å². The summed E-state index contributed by atoms with van der Waals surface area (Å²) in [5.74, 6) is 2.26. The third kappa shape index (κ3) is 9.16. The number of carbonyl (C=O) groups is 1. The molecule has 292 valence electrons. The highest BCUT2D eigenvalue weighted by Crippen LogP contribution is 2.57. The smallest absolute Gasteiger partial charge is 0.329 e. The standard InChI is InChI=1S/C47H58ClN3O4/c1-33(32-55-43-19-26-50-42-16-6-10-34(2)44(42)43)28-37-29-36-17-18-40(54-27-9-25-49-24-8-13-35-11-4-3-5-12-35)31-41(36)46(37)20-22-47(23-21-46,45(52)53)51-39-15-7-14-38(48)30-39/h3-5,7,11-12,14-15,17-19,26,30-31,33-34,37,49,51H,6,8-10,13,16,20-25,27-29,32H2,1-2H3,(H,52,53)/t33-,34-,37?,46?,47?/m1/s1. The summed E-state index contributed by atoms with van der Waals surface area (Å²) in [4.78, 5) is 17.7. The Morgan fingerprint density at radius 2 is 1.80 bits per heavy atom. The van der Waals surface area contributed by atoms with E-state index in [-0.39, 0.29) is 5.41 Å². The first-order valence-corrected chi connectivity index (χ1v) is 21.0. The Kier molecular flexibility index (Phi) is 12.7. The summed E-state index contributed by atoms with van der Waals surface area (Å²) in [5.41, 5.74) is 6.14. The minimum Gasteiger partial charge on any atom is -0.494 e. The number of pyridine rings is 1. The number of aryl methyl sites for hydroxylation is 2. The number of benzene rings is 3. The van der Waals surface area contributed by atoms with E-state index in [1.165, 1.54) is 40.8 Å². The van der Waals surface area contributed by atoms with Gasteiger partial charge < -0.3 is 25.2 Å². The molecule has 1 spiro atoms. The van der Waals surface area contributed by atoms with Gasteiger partial charge in [-0.25, -0.2) is 4.79 Å². The monoisotopic (exact) mass is 763 g/mol. The Morgan fingerprint density at radius 3 is 2.60 bits per heavy atom. The molecule has 4 aromatic rings. The number of nitrogens with zero attached hydrogens (tertiary/aromatic N) is 1. The average molecular weight is 764 g/mol. The molecule has 0 bridgehead atoms. The highest BCUT2D eigenvalue weighted by molar-refractivity contribution is 6.30. The SMILES string of the molecule is C[C@@H](COc1ccnc2c1[C@H](C)CCC2)CC1Cc2ccc(OCCCNCCCc3ccccc3)cc2C12CCC(Nc1cccc(Cl)c1)(C(=O)O)CC2. The molecule has 3 N–H and O–H groups in total. The molecule has 55 heavy (non-hydrogen) atoms. The number of nitrogens with one attached hydrogen (secondary N) is 2. The molecular weight excluding hydrogens is 706 g/mol. The van der Waals surface area contributed by atoms with E-state index in [0.717, 1.165) is 81.6 Å². The predicted molar refractivity (Wildman–Crippen MR) is 222 cm³/mol. The Hall–Kier alpha value is -4.07. The maximum absolute atomic E-state index is 13.0. The number of aliphatic carboxylic acids is 1. The molecule has 0 radical (unpaired) electrons. The van der Waals surface area contributed by atoms with Crippen molar-refractivity contribution in [3.63, 3.8) is 0 Å². The number of hydrogen-bond acceptors (Lipinski definition) is 6. The highest BCUT2D eigenvalue weighted by atomic mass is 35.5. The molecule has 7 nitrogen and oxygen atoms in total. The number of rotatable bonds is 17. The van der Waals surface area contributed by atoms with Crippen LogP contribution < -0.4 is 20.1 Å². The lowest BCUT2D eigenvalue weighted by molar-refractivity contribution is -0.144. The Bertz CT molecular complexity index is 1890. The minimum absolute atomic E-state index is 0.136. The van der Waals surface area contributed by atoms with Gasteiger partial charge >= 0.3 is 5.97 Å². The molecule has 3 aromatic carbocycles. The van der Waals surface area contributed by atoms with E-state index < -0.39 is 11.5 Å². The molecule has 8 heteroatoms. The second-order valence-electron chi connectivity index (χ2n) is 16.6. The normalized spacial score (nSPS) is 23.5. The molecule has 3 atom stereocenters. The van der Waals surface area contributed by atoms with Crippen molar-refractivity contribution in [2.75, 3.05) is 31.6 Å². The van der Waals surface area contributed by atoms with Crippen LogP contribution in [0.2, 0.25) is 5.02 Å². The van der Waals surface area contributed by atoms with Gasteiger partial charge in [0.25, 0.3) is 0 Å². The molecule has 7 rings (SSSR count). The van der Waals surface area contributed by atoms with Crippen molar-refractivity contribution in [2.45, 2.75) is 108 Å². The molecule has 0 amide bonds. The van der Waals surface area contributed by atoms with Crippen LogP contribution >= 0.6 is 11.6 Å². The van der Waals surface area contributed by atoms with E-state index in [0.29, 0.717) is 48.8 Å². The van der Waals surface area contributed by atoms with Gasteiger partial charge in [0.1, 0.15) is 17.0 Å². The van der Waals surface area contributed by atoms with Crippen LogP contribution in [0.1, 0.15) is 106 Å². The van der Waals surface area contributed by atoms with Gasteiger partial charge in [-0.1, -0.05) is 67.9 Å². The van der Waals surface area contributed by atoms with Crippen molar-refractivity contribution in [3.8, 4) is 11.5 Å². The summed E-state index contributed by atoms with van der Waals surface area (Å²) < 4.78 is 13.0. The Balaban J connectivity index is 1.02. The summed E-state index contributed by atoms with van der Waals surface area (Å²) in [6.07, 6.45) is 13.0. The molecule has 3 aliphatic rings. The molecule has 1 saturated carbocycles.